The zero-order chi connectivity index (χ0) is 23.4. The molecule has 0 aliphatic heterocycles. The summed E-state index contributed by atoms with van der Waals surface area (Å²) in [4.78, 5) is 38.3. The SMILES string of the molecule is O=C(CCn1c(=O)c2sccc2n(Cc2ccc(F)cc2)c1=O)NCCc1ccc(Cl)cc1. The van der Waals surface area contributed by atoms with Crippen LogP contribution in [-0.4, -0.2) is 21.6 Å². The maximum absolute atomic E-state index is 13.2. The van der Waals surface area contributed by atoms with Gasteiger partial charge in [0, 0.05) is 24.5 Å². The topological polar surface area (TPSA) is 73.1 Å². The van der Waals surface area contributed by atoms with Gasteiger partial charge < -0.3 is 5.32 Å². The Balaban J connectivity index is 1.47. The van der Waals surface area contributed by atoms with Gasteiger partial charge in [0.25, 0.3) is 5.56 Å². The molecule has 0 aliphatic carbocycles. The van der Waals surface area contributed by atoms with Crippen LogP contribution in [0.3, 0.4) is 0 Å². The second-order valence-electron chi connectivity index (χ2n) is 7.56. The summed E-state index contributed by atoms with van der Waals surface area (Å²) in [6.45, 7) is 0.607. The highest BCUT2D eigenvalue weighted by molar-refractivity contribution is 7.17. The third kappa shape index (κ3) is 5.40. The van der Waals surface area contributed by atoms with Gasteiger partial charge in [-0.3, -0.25) is 18.7 Å². The number of nitrogens with one attached hydrogen (secondary N) is 1. The van der Waals surface area contributed by atoms with E-state index in [1.165, 1.54) is 28.0 Å². The summed E-state index contributed by atoms with van der Waals surface area (Å²) in [5.41, 5.74) is 1.40. The highest BCUT2D eigenvalue weighted by atomic mass is 35.5. The fourth-order valence-electron chi connectivity index (χ4n) is 3.55. The normalized spacial score (nSPS) is 11.1. The third-order valence-corrected chi connectivity index (χ3v) is 6.45. The number of carbonyl (C=O) groups is 1. The van der Waals surface area contributed by atoms with Crippen molar-refractivity contribution in [1.82, 2.24) is 14.5 Å². The van der Waals surface area contributed by atoms with Gasteiger partial charge in [0.15, 0.2) is 0 Å². The minimum absolute atomic E-state index is 0.00317. The van der Waals surface area contributed by atoms with E-state index in [2.05, 4.69) is 5.32 Å². The highest BCUT2D eigenvalue weighted by Crippen LogP contribution is 2.17. The molecule has 33 heavy (non-hydrogen) atoms. The number of carbonyl (C=O) groups excluding carboxylic acids is 1. The van der Waals surface area contributed by atoms with Crippen LogP contribution < -0.4 is 16.6 Å². The van der Waals surface area contributed by atoms with Gasteiger partial charge in [-0.05, 0) is 53.3 Å². The Morgan fingerprint density at radius 2 is 1.67 bits per heavy atom. The first-order valence-corrected chi connectivity index (χ1v) is 11.6. The lowest BCUT2D eigenvalue weighted by Gasteiger charge is -2.12. The van der Waals surface area contributed by atoms with E-state index >= 15 is 0 Å². The molecule has 0 radical (unpaired) electrons. The lowest BCUT2D eigenvalue weighted by Crippen LogP contribution is -2.41. The van der Waals surface area contributed by atoms with Crippen molar-refractivity contribution in [2.24, 2.45) is 0 Å². The molecule has 2 aromatic heterocycles. The largest absolute Gasteiger partial charge is 0.356 e. The van der Waals surface area contributed by atoms with Crippen LogP contribution in [0.15, 0.2) is 69.6 Å². The number of halogens is 2. The molecule has 2 heterocycles. The molecule has 2 aromatic carbocycles. The van der Waals surface area contributed by atoms with Crippen LogP contribution in [0.25, 0.3) is 10.2 Å². The molecule has 4 aromatic rings. The maximum Gasteiger partial charge on any atom is 0.331 e. The van der Waals surface area contributed by atoms with Crippen LogP contribution in [0.4, 0.5) is 4.39 Å². The first-order chi connectivity index (χ1) is 15.9. The number of thiophene rings is 1. The molecule has 4 rings (SSSR count). The molecule has 9 heteroatoms. The van der Waals surface area contributed by atoms with Crippen LogP contribution in [0, 0.1) is 5.82 Å². The fraction of sp³-hybridized carbons (Fsp3) is 0.208. The summed E-state index contributed by atoms with van der Waals surface area (Å²) in [5, 5.41) is 5.22. The standard InChI is InChI=1S/C24H21ClFN3O3S/c25-18-5-1-16(2-6-18)9-12-27-21(30)10-13-28-23(31)22-20(11-14-33-22)29(24(28)32)15-17-3-7-19(26)8-4-17/h1-8,11,14H,9-10,12-13,15H2,(H,27,30). The number of aromatic nitrogens is 2. The number of rotatable bonds is 8. The van der Waals surface area contributed by atoms with Crippen molar-refractivity contribution in [3.63, 3.8) is 0 Å². The van der Waals surface area contributed by atoms with Crippen molar-refractivity contribution in [2.45, 2.75) is 25.9 Å². The van der Waals surface area contributed by atoms with Gasteiger partial charge in [-0.1, -0.05) is 35.9 Å². The monoisotopic (exact) mass is 485 g/mol. The predicted octanol–water partition coefficient (Wildman–Crippen LogP) is 3.81. The molecular weight excluding hydrogens is 465 g/mol. The van der Waals surface area contributed by atoms with Crippen LogP contribution in [0.5, 0.6) is 0 Å². The number of amides is 1. The summed E-state index contributed by atoms with van der Waals surface area (Å²) < 4.78 is 16.3. The average Bonchev–Trinajstić information content (AvgIpc) is 3.29. The lowest BCUT2D eigenvalue weighted by atomic mass is 10.1. The quantitative estimate of drug-likeness (QED) is 0.412. The molecule has 1 amide bonds. The van der Waals surface area contributed by atoms with Gasteiger partial charge in [-0.2, -0.15) is 0 Å². The van der Waals surface area contributed by atoms with E-state index in [-0.39, 0.29) is 31.2 Å². The average molecular weight is 486 g/mol. The summed E-state index contributed by atoms with van der Waals surface area (Å²) in [5.74, 6) is -0.606. The molecule has 0 spiro atoms. The van der Waals surface area contributed by atoms with Gasteiger partial charge >= 0.3 is 5.69 Å². The first-order valence-electron chi connectivity index (χ1n) is 10.4. The van der Waals surface area contributed by atoms with Crippen molar-refractivity contribution in [1.29, 1.82) is 0 Å². The Morgan fingerprint density at radius 3 is 2.39 bits per heavy atom. The van der Waals surface area contributed by atoms with Gasteiger partial charge in [0.05, 0.1) is 12.1 Å². The minimum atomic E-state index is -0.496. The Morgan fingerprint density at radius 1 is 0.970 bits per heavy atom. The second kappa shape index (κ2) is 10.1. The molecule has 0 saturated heterocycles. The molecule has 0 atom stereocenters. The summed E-state index contributed by atoms with van der Waals surface area (Å²) in [7, 11) is 0. The van der Waals surface area contributed by atoms with E-state index in [1.807, 2.05) is 12.1 Å². The van der Waals surface area contributed by atoms with Crippen LogP contribution in [0.1, 0.15) is 17.5 Å². The molecule has 0 bridgehead atoms. The highest BCUT2D eigenvalue weighted by Gasteiger charge is 2.15. The summed E-state index contributed by atoms with van der Waals surface area (Å²) >= 11 is 7.12. The van der Waals surface area contributed by atoms with E-state index in [1.54, 1.807) is 35.7 Å². The zero-order valence-corrected chi connectivity index (χ0v) is 19.2. The van der Waals surface area contributed by atoms with E-state index < -0.39 is 11.2 Å². The smallest absolute Gasteiger partial charge is 0.331 e. The van der Waals surface area contributed by atoms with Gasteiger partial charge in [-0.25, -0.2) is 9.18 Å². The number of nitrogens with zero attached hydrogens (tertiary/aromatic N) is 2. The van der Waals surface area contributed by atoms with Crippen LogP contribution >= 0.6 is 22.9 Å². The molecule has 0 aliphatic rings. The predicted molar refractivity (Wildman–Crippen MR) is 129 cm³/mol. The zero-order valence-electron chi connectivity index (χ0n) is 17.6. The van der Waals surface area contributed by atoms with E-state index in [9.17, 15) is 18.8 Å². The van der Waals surface area contributed by atoms with E-state index in [0.717, 1.165) is 15.7 Å². The van der Waals surface area contributed by atoms with Crippen LogP contribution in [-0.2, 0) is 24.3 Å². The molecule has 6 nitrogen and oxygen atoms in total. The van der Waals surface area contributed by atoms with E-state index in [4.69, 9.17) is 11.6 Å². The maximum atomic E-state index is 13.2. The Labute approximate surface area is 197 Å². The van der Waals surface area contributed by atoms with Gasteiger partial charge in [0.1, 0.15) is 10.5 Å². The minimum Gasteiger partial charge on any atom is -0.356 e. The molecule has 0 unspecified atom stereocenters. The molecular formula is C24H21ClFN3O3S. The van der Waals surface area contributed by atoms with E-state index in [0.29, 0.717) is 28.2 Å². The fourth-order valence-corrected chi connectivity index (χ4v) is 4.52. The lowest BCUT2D eigenvalue weighted by molar-refractivity contribution is -0.121. The van der Waals surface area contributed by atoms with Gasteiger partial charge in [0.2, 0.25) is 5.91 Å². The van der Waals surface area contributed by atoms with Gasteiger partial charge in [-0.15, -0.1) is 11.3 Å². The molecule has 0 saturated carbocycles. The third-order valence-electron chi connectivity index (χ3n) is 5.30. The summed E-state index contributed by atoms with van der Waals surface area (Å²) in [6, 6.07) is 15.0. The number of hydrogen-bond donors (Lipinski definition) is 1. The number of fused-ring (bicyclic) bond motifs is 1. The first kappa shape index (κ1) is 22.9. The molecule has 0 fully saturated rings. The second-order valence-corrected chi connectivity index (χ2v) is 8.92. The number of benzene rings is 2. The van der Waals surface area contributed by atoms with Crippen molar-refractivity contribution in [2.75, 3.05) is 6.54 Å². The Kier molecular flexibility index (Phi) is 7.05. The molecule has 1 N–H and O–H groups in total. The van der Waals surface area contributed by atoms with Crippen molar-refractivity contribution >= 4 is 39.1 Å². The molecule has 170 valence electrons. The number of hydrogen-bond acceptors (Lipinski definition) is 4. The summed E-state index contributed by atoms with van der Waals surface area (Å²) in [6.07, 6.45) is 0.650. The Bertz CT molecular complexity index is 1390. The van der Waals surface area contributed by atoms with Crippen molar-refractivity contribution in [3.8, 4) is 0 Å². The Hall–Kier alpha value is -3.23. The van der Waals surface area contributed by atoms with Crippen molar-refractivity contribution < 1.29 is 9.18 Å². The van der Waals surface area contributed by atoms with Crippen LogP contribution in [0.2, 0.25) is 5.02 Å². The van der Waals surface area contributed by atoms with Crippen molar-refractivity contribution in [3.05, 3.63) is 103 Å².